The number of hydrogen-bond acceptors (Lipinski definition) is 2. The molecule has 1 amide bonds. The average Bonchev–Trinajstić information content (AvgIpc) is 2.70. The smallest absolute Gasteiger partial charge is 0.261 e. The molecule has 1 unspecified atom stereocenters. The van der Waals surface area contributed by atoms with Gasteiger partial charge in [-0.1, -0.05) is 29.8 Å². The molecule has 1 N–H and O–H groups in total. The van der Waals surface area contributed by atoms with Crippen molar-refractivity contribution in [3.63, 3.8) is 0 Å². The minimum Gasteiger partial charge on any atom is -0.345 e. The lowest BCUT2D eigenvalue weighted by atomic mass is 10.1. The molecule has 0 fully saturated rings. The standard InChI is InChI=1S/C14H13Br2NOS/c1-8-3-5-10(6-4-8)9(2)17-14(18)12-7-11(15)13(16)19-12/h3-7,9H,1-2H3,(H,17,18). The maximum atomic E-state index is 12.1. The molecule has 0 aliphatic carbocycles. The summed E-state index contributed by atoms with van der Waals surface area (Å²) in [6.45, 7) is 4.04. The fourth-order valence-corrected chi connectivity index (χ4v) is 3.60. The van der Waals surface area contributed by atoms with Gasteiger partial charge in [-0.05, 0) is 57.3 Å². The van der Waals surface area contributed by atoms with Crippen LogP contribution in [0.4, 0.5) is 0 Å². The Bertz CT molecular complexity index is 572. The Balaban J connectivity index is 2.08. The first-order valence-electron chi connectivity index (χ1n) is 5.79. The van der Waals surface area contributed by atoms with Gasteiger partial charge in [-0.3, -0.25) is 4.79 Å². The highest BCUT2D eigenvalue weighted by atomic mass is 79.9. The summed E-state index contributed by atoms with van der Waals surface area (Å²) in [5.41, 5.74) is 2.32. The minimum atomic E-state index is -0.0514. The Morgan fingerprint density at radius 1 is 1.26 bits per heavy atom. The van der Waals surface area contributed by atoms with Crippen LogP contribution in [0.1, 0.15) is 33.8 Å². The van der Waals surface area contributed by atoms with Crippen LogP contribution in [-0.4, -0.2) is 5.91 Å². The van der Waals surface area contributed by atoms with E-state index in [1.807, 2.05) is 32.0 Å². The van der Waals surface area contributed by atoms with Gasteiger partial charge in [0.2, 0.25) is 0 Å². The van der Waals surface area contributed by atoms with E-state index in [0.29, 0.717) is 4.88 Å². The van der Waals surface area contributed by atoms with Crippen molar-refractivity contribution in [2.24, 2.45) is 0 Å². The second kappa shape index (κ2) is 6.20. The zero-order chi connectivity index (χ0) is 14.0. The Morgan fingerprint density at radius 3 is 2.42 bits per heavy atom. The summed E-state index contributed by atoms with van der Waals surface area (Å²) in [6, 6.07) is 10.0. The van der Waals surface area contributed by atoms with Crippen LogP contribution >= 0.6 is 43.2 Å². The number of rotatable bonds is 3. The number of carbonyl (C=O) groups excluding carboxylic acids is 1. The summed E-state index contributed by atoms with van der Waals surface area (Å²) in [6.07, 6.45) is 0. The van der Waals surface area contributed by atoms with Crippen LogP contribution in [-0.2, 0) is 0 Å². The average molecular weight is 403 g/mol. The van der Waals surface area contributed by atoms with Gasteiger partial charge in [0.25, 0.3) is 5.91 Å². The summed E-state index contributed by atoms with van der Waals surface area (Å²) in [5.74, 6) is -0.0514. The first-order chi connectivity index (χ1) is 8.97. The lowest BCUT2D eigenvalue weighted by Crippen LogP contribution is -2.25. The largest absolute Gasteiger partial charge is 0.345 e. The Labute approximate surface area is 133 Å². The van der Waals surface area contributed by atoms with E-state index in [9.17, 15) is 4.79 Å². The molecule has 1 heterocycles. The summed E-state index contributed by atoms with van der Waals surface area (Å²) in [5, 5.41) is 3.00. The monoisotopic (exact) mass is 401 g/mol. The molecule has 2 aromatic rings. The lowest BCUT2D eigenvalue weighted by Gasteiger charge is -2.13. The van der Waals surface area contributed by atoms with E-state index in [4.69, 9.17) is 0 Å². The quantitative estimate of drug-likeness (QED) is 0.762. The van der Waals surface area contributed by atoms with Gasteiger partial charge >= 0.3 is 0 Å². The molecular formula is C14H13Br2NOS. The van der Waals surface area contributed by atoms with E-state index >= 15 is 0 Å². The van der Waals surface area contributed by atoms with Crippen LogP contribution in [0.2, 0.25) is 0 Å². The molecule has 2 nitrogen and oxygen atoms in total. The van der Waals surface area contributed by atoms with Crippen LogP contribution in [0.15, 0.2) is 38.6 Å². The molecule has 0 spiro atoms. The fraction of sp³-hybridized carbons (Fsp3) is 0.214. The second-order valence-corrected chi connectivity index (χ2v) is 7.56. The predicted octanol–water partition coefficient (Wildman–Crippen LogP) is 5.07. The highest BCUT2D eigenvalue weighted by Gasteiger charge is 2.15. The van der Waals surface area contributed by atoms with E-state index < -0.39 is 0 Å². The highest BCUT2D eigenvalue weighted by Crippen LogP contribution is 2.32. The van der Waals surface area contributed by atoms with Crippen molar-refractivity contribution >= 4 is 49.1 Å². The van der Waals surface area contributed by atoms with Gasteiger partial charge in [-0.2, -0.15) is 0 Å². The number of nitrogens with one attached hydrogen (secondary N) is 1. The summed E-state index contributed by atoms with van der Waals surface area (Å²) >= 11 is 8.20. The molecule has 1 atom stereocenters. The Hall–Kier alpha value is -0.650. The number of amides is 1. The third-order valence-corrected chi connectivity index (χ3v) is 6.05. The van der Waals surface area contributed by atoms with Crippen molar-refractivity contribution in [3.8, 4) is 0 Å². The molecule has 100 valence electrons. The van der Waals surface area contributed by atoms with E-state index in [1.54, 1.807) is 0 Å². The van der Waals surface area contributed by atoms with Crippen molar-refractivity contribution in [1.29, 1.82) is 0 Å². The van der Waals surface area contributed by atoms with Crippen molar-refractivity contribution in [1.82, 2.24) is 5.32 Å². The molecule has 1 aromatic heterocycles. The number of halogens is 2. The van der Waals surface area contributed by atoms with Crippen LogP contribution in [0, 0.1) is 6.92 Å². The van der Waals surface area contributed by atoms with E-state index in [-0.39, 0.29) is 11.9 Å². The molecule has 0 aliphatic heterocycles. The fourth-order valence-electron chi connectivity index (χ4n) is 1.66. The molecule has 0 aliphatic rings. The molecule has 0 saturated carbocycles. The highest BCUT2D eigenvalue weighted by molar-refractivity contribution is 9.13. The van der Waals surface area contributed by atoms with E-state index in [2.05, 4.69) is 49.3 Å². The van der Waals surface area contributed by atoms with Crippen LogP contribution < -0.4 is 5.32 Å². The Kier molecular flexibility index (Phi) is 4.81. The van der Waals surface area contributed by atoms with Gasteiger partial charge in [-0.15, -0.1) is 11.3 Å². The maximum absolute atomic E-state index is 12.1. The van der Waals surface area contributed by atoms with Gasteiger partial charge in [0.15, 0.2) is 0 Å². The molecule has 19 heavy (non-hydrogen) atoms. The van der Waals surface area contributed by atoms with Crippen molar-refractivity contribution in [2.45, 2.75) is 19.9 Å². The zero-order valence-corrected chi connectivity index (χ0v) is 14.5. The number of benzene rings is 1. The number of hydrogen-bond donors (Lipinski definition) is 1. The zero-order valence-electron chi connectivity index (χ0n) is 10.5. The summed E-state index contributed by atoms with van der Waals surface area (Å²) in [7, 11) is 0. The van der Waals surface area contributed by atoms with Crippen molar-refractivity contribution in [2.75, 3.05) is 0 Å². The van der Waals surface area contributed by atoms with Gasteiger partial charge in [-0.25, -0.2) is 0 Å². The van der Waals surface area contributed by atoms with Gasteiger partial charge in [0.05, 0.1) is 14.7 Å². The first kappa shape index (κ1) is 14.8. The van der Waals surface area contributed by atoms with Crippen molar-refractivity contribution in [3.05, 3.63) is 54.6 Å². The maximum Gasteiger partial charge on any atom is 0.261 e. The third kappa shape index (κ3) is 3.68. The normalized spacial score (nSPS) is 12.2. The third-order valence-electron chi connectivity index (χ3n) is 2.79. The molecular weight excluding hydrogens is 390 g/mol. The number of carbonyl (C=O) groups is 1. The van der Waals surface area contributed by atoms with Crippen LogP contribution in [0.3, 0.4) is 0 Å². The van der Waals surface area contributed by atoms with E-state index in [0.717, 1.165) is 13.8 Å². The summed E-state index contributed by atoms with van der Waals surface area (Å²) < 4.78 is 1.84. The minimum absolute atomic E-state index is 0.00671. The topological polar surface area (TPSA) is 29.1 Å². The molecule has 5 heteroatoms. The van der Waals surface area contributed by atoms with Gasteiger partial charge < -0.3 is 5.32 Å². The lowest BCUT2D eigenvalue weighted by molar-refractivity contribution is 0.0944. The molecule has 1 aromatic carbocycles. The van der Waals surface area contributed by atoms with Crippen molar-refractivity contribution < 1.29 is 4.79 Å². The molecule has 0 radical (unpaired) electrons. The molecule has 2 rings (SSSR count). The van der Waals surface area contributed by atoms with Gasteiger partial charge in [0.1, 0.15) is 0 Å². The van der Waals surface area contributed by atoms with Crippen LogP contribution in [0.25, 0.3) is 0 Å². The van der Waals surface area contributed by atoms with E-state index in [1.165, 1.54) is 16.9 Å². The Morgan fingerprint density at radius 2 is 1.89 bits per heavy atom. The second-order valence-electron chi connectivity index (χ2n) is 4.34. The number of thiophene rings is 1. The molecule has 0 bridgehead atoms. The number of aryl methyl sites for hydroxylation is 1. The molecule has 0 saturated heterocycles. The summed E-state index contributed by atoms with van der Waals surface area (Å²) in [4.78, 5) is 12.8. The first-order valence-corrected chi connectivity index (χ1v) is 8.20. The van der Waals surface area contributed by atoms with Gasteiger partial charge in [0, 0.05) is 4.47 Å². The predicted molar refractivity (Wildman–Crippen MR) is 86.8 cm³/mol. The van der Waals surface area contributed by atoms with Crippen LogP contribution in [0.5, 0.6) is 0 Å². The SMILES string of the molecule is Cc1ccc(C(C)NC(=O)c2cc(Br)c(Br)s2)cc1.